The van der Waals surface area contributed by atoms with Crippen LogP contribution in [0.4, 0.5) is 0 Å². The van der Waals surface area contributed by atoms with Crippen LogP contribution < -0.4 is 0 Å². The Morgan fingerprint density at radius 3 is 1.81 bits per heavy atom. The van der Waals surface area contributed by atoms with Gasteiger partial charge in [-0.1, -0.05) is 47.2 Å². The zero-order chi connectivity index (χ0) is 13.0. The van der Waals surface area contributed by atoms with Crippen LogP contribution in [-0.4, -0.2) is 22.3 Å². The fourth-order valence-electron chi connectivity index (χ4n) is 2.44. The van der Waals surface area contributed by atoms with Crippen LogP contribution in [0.3, 0.4) is 0 Å². The molecule has 0 saturated carbocycles. The summed E-state index contributed by atoms with van der Waals surface area (Å²) in [7, 11) is -2.27. The standard InChI is InChI=1S/C13H32OSi2/c1-9-12(4)16(7,8)14-13(10-2,11-3)15(5)6/h12,15H,9-11H2,1-8H3/t12-/m0/s1. The Kier molecular flexibility index (Phi) is 6.52. The summed E-state index contributed by atoms with van der Waals surface area (Å²) in [6.45, 7) is 18.9. The normalized spacial score (nSPS) is 15.6. The van der Waals surface area contributed by atoms with Crippen molar-refractivity contribution in [2.75, 3.05) is 0 Å². The summed E-state index contributed by atoms with van der Waals surface area (Å²) in [6, 6.07) is 0. The van der Waals surface area contributed by atoms with E-state index < -0.39 is 17.1 Å². The number of rotatable bonds is 7. The van der Waals surface area contributed by atoms with Crippen molar-refractivity contribution in [2.24, 2.45) is 0 Å². The predicted molar refractivity (Wildman–Crippen MR) is 80.5 cm³/mol. The lowest BCUT2D eigenvalue weighted by molar-refractivity contribution is 0.125. The Morgan fingerprint density at radius 2 is 1.56 bits per heavy atom. The highest BCUT2D eigenvalue weighted by Gasteiger charge is 2.40. The molecule has 1 nitrogen and oxygen atoms in total. The largest absolute Gasteiger partial charge is 0.415 e. The second-order valence-corrected chi connectivity index (χ2v) is 13.7. The quantitative estimate of drug-likeness (QED) is 0.608. The molecule has 0 rings (SSSR count). The van der Waals surface area contributed by atoms with Crippen LogP contribution in [0.5, 0.6) is 0 Å². The molecule has 0 aliphatic rings. The second-order valence-electron chi connectivity index (χ2n) is 5.94. The van der Waals surface area contributed by atoms with Gasteiger partial charge in [-0.05, 0) is 31.5 Å². The molecule has 0 N–H and O–H groups in total. The Bertz CT molecular complexity index is 198. The van der Waals surface area contributed by atoms with Gasteiger partial charge in [-0.3, -0.25) is 0 Å². The van der Waals surface area contributed by atoms with E-state index in [0.29, 0.717) is 0 Å². The maximum atomic E-state index is 6.74. The lowest BCUT2D eigenvalue weighted by atomic mass is 10.2. The van der Waals surface area contributed by atoms with E-state index in [0.717, 1.165) is 5.54 Å². The molecule has 0 heterocycles. The van der Waals surface area contributed by atoms with E-state index in [9.17, 15) is 0 Å². The summed E-state index contributed by atoms with van der Waals surface area (Å²) >= 11 is 0. The third-order valence-corrected chi connectivity index (χ3v) is 11.5. The van der Waals surface area contributed by atoms with Crippen molar-refractivity contribution < 1.29 is 4.43 Å². The van der Waals surface area contributed by atoms with E-state index in [1.165, 1.54) is 19.3 Å². The van der Waals surface area contributed by atoms with Crippen LogP contribution in [0.25, 0.3) is 0 Å². The molecule has 0 amide bonds. The molecule has 1 atom stereocenters. The highest BCUT2D eigenvalue weighted by Crippen LogP contribution is 2.34. The maximum Gasteiger partial charge on any atom is 0.189 e. The Hall–Kier alpha value is 0.394. The van der Waals surface area contributed by atoms with Crippen LogP contribution in [0.2, 0.25) is 31.7 Å². The summed E-state index contributed by atoms with van der Waals surface area (Å²) in [6.07, 6.45) is 3.64. The first kappa shape index (κ1) is 16.4. The van der Waals surface area contributed by atoms with Crippen LogP contribution in [0.15, 0.2) is 0 Å². The van der Waals surface area contributed by atoms with Gasteiger partial charge in [0.15, 0.2) is 8.32 Å². The average Bonchev–Trinajstić information content (AvgIpc) is 2.24. The van der Waals surface area contributed by atoms with Gasteiger partial charge in [0, 0.05) is 5.22 Å². The van der Waals surface area contributed by atoms with Crippen LogP contribution >= 0.6 is 0 Å². The second kappa shape index (κ2) is 6.36. The van der Waals surface area contributed by atoms with Crippen molar-refractivity contribution in [1.29, 1.82) is 0 Å². The molecular formula is C13H32OSi2. The van der Waals surface area contributed by atoms with Gasteiger partial charge in [0.2, 0.25) is 0 Å². The molecule has 0 bridgehead atoms. The lowest BCUT2D eigenvalue weighted by Crippen LogP contribution is -2.52. The fraction of sp³-hybridized carbons (Fsp3) is 1.00. The molecule has 0 aliphatic carbocycles. The van der Waals surface area contributed by atoms with Crippen molar-refractivity contribution in [2.45, 2.75) is 83.9 Å². The Balaban J connectivity index is 4.88. The summed E-state index contributed by atoms with van der Waals surface area (Å²) in [4.78, 5) is 0. The van der Waals surface area contributed by atoms with Gasteiger partial charge >= 0.3 is 0 Å². The first-order chi connectivity index (χ1) is 7.25. The van der Waals surface area contributed by atoms with Crippen LogP contribution in [0, 0.1) is 0 Å². The summed E-state index contributed by atoms with van der Waals surface area (Å²) in [5.41, 5.74) is 0.762. The van der Waals surface area contributed by atoms with Gasteiger partial charge in [-0.15, -0.1) is 0 Å². The van der Waals surface area contributed by atoms with Gasteiger partial charge in [0.05, 0.1) is 8.80 Å². The SMILES string of the molecule is CC[C@H](C)[Si](C)(C)OC(CC)(CC)[SiH](C)C. The van der Waals surface area contributed by atoms with E-state index in [-0.39, 0.29) is 5.22 Å². The van der Waals surface area contributed by atoms with Crippen LogP contribution in [-0.2, 0) is 4.43 Å². The van der Waals surface area contributed by atoms with Crippen molar-refractivity contribution in [1.82, 2.24) is 0 Å². The maximum absolute atomic E-state index is 6.74. The van der Waals surface area contributed by atoms with Gasteiger partial charge in [0.25, 0.3) is 0 Å². The molecule has 0 aromatic carbocycles. The highest BCUT2D eigenvalue weighted by molar-refractivity contribution is 6.74. The molecule has 0 fully saturated rings. The van der Waals surface area contributed by atoms with Gasteiger partial charge in [-0.2, -0.15) is 0 Å². The summed E-state index contributed by atoms with van der Waals surface area (Å²) < 4.78 is 6.74. The van der Waals surface area contributed by atoms with Crippen LogP contribution in [0.1, 0.15) is 47.0 Å². The molecule has 0 saturated heterocycles. The first-order valence-corrected chi connectivity index (χ1v) is 12.8. The van der Waals surface area contributed by atoms with E-state index in [1.807, 2.05) is 0 Å². The fourth-order valence-corrected chi connectivity index (χ4v) is 8.45. The van der Waals surface area contributed by atoms with Crippen molar-refractivity contribution >= 4 is 17.1 Å². The van der Waals surface area contributed by atoms with Gasteiger partial charge in [0.1, 0.15) is 0 Å². The molecular weight excluding hydrogens is 228 g/mol. The summed E-state index contributed by atoms with van der Waals surface area (Å²) in [5, 5.41) is 0.249. The van der Waals surface area contributed by atoms with E-state index in [4.69, 9.17) is 4.43 Å². The van der Waals surface area contributed by atoms with Crippen molar-refractivity contribution in [3.63, 3.8) is 0 Å². The van der Waals surface area contributed by atoms with E-state index >= 15 is 0 Å². The average molecular weight is 261 g/mol. The molecule has 0 aromatic heterocycles. The molecule has 0 aliphatic heterocycles. The zero-order valence-electron chi connectivity index (χ0n) is 12.7. The lowest BCUT2D eigenvalue weighted by Gasteiger charge is -2.44. The van der Waals surface area contributed by atoms with Crippen molar-refractivity contribution in [3.05, 3.63) is 0 Å². The topological polar surface area (TPSA) is 9.23 Å². The minimum atomic E-state index is -1.51. The molecule has 0 spiro atoms. The molecule has 3 heteroatoms. The highest BCUT2D eigenvalue weighted by atomic mass is 28.4. The first-order valence-electron chi connectivity index (χ1n) is 6.95. The monoisotopic (exact) mass is 260 g/mol. The molecule has 0 radical (unpaired) electrons. The smallest absolute Gasteiger partial charge is 0.189 e. The third-order valence-electron chi connectivity index (χ3n) is 4.51. The van der Waals surface area contributed by atoms with E-state index in [1.54, 1.807) is 0 Å². The third kappa shape index (κ3) is 3.71. The predicted octanol–water partition coefficient (Wildman–Crippen LogP) is 4.59. The summed E-state index contributed by atoms with van der Waals surface area (Å²) in [5.74, 6) is 0. The molecule has 98 valence electrons. The Labute approximate surface area is 106 Å². The molecule has 0 unspecified atom stereocenters. The van der Waals surface area contributed by atoms with Gasteiger partial charge < -0.3 is 4.43 Å². The minimum Gasteiger partial charge on any atom is -0.415 e. The minimum absolute atomic E-state index is 0.249. The van der Waals surface area contributed by atoms with Gasteiger partial charge in [-0.25, -0.2) is 0 Å². The number of hydrogen-bond donors (Lipinski definition) is 0. The number of hydrogen-bond acceptors (Lipinski definition) is 1. The van der Waals surface area contributed by atoms with E-state index in [2.05, 4.69) is 53.9 Å². The Morgan fingerprint density at radius 1 is 1.12 bits per heavy atom. The van der Waals surface area contributed by atoms with Crippen molar-refractivity contribution in [3.8, 4) is 0 Å². The molecule has 16 heavy (non-hydrogen) atoms. The zero-order valence-corrected chi connectivity index (χ0v) is 14.8. The molecule has 0 aromatic rings.